The molecule has 48 heavy (non-hydrogen) atoms. The number of aromatic nitrogens is 3. The molecular weight excluding hydrogens is 635 g/mol. The van der Waals surface area contributed by atoms with Gasteiger partial charge in [-0.2, -0.15) is 0 Å². The van der Waals surface area contributed by atoms with Gasteiger partial charge in [0.1, 0.15) is 41.8 Å². The fourth-order valence-corrected chi connectivity index (χ4v) is 6.88. The molecule has 4 aliphatic heterocycles. The Morgan fingerprint density at radius 2 is 1.83 bits per heavy atom. The van der Waals surface area contributed by atoms with Crippen molar-refractivity contribution in [1.29, 1.82) is 0 Å². The summed E-state index contributed by atoms with van der Waals surface area (Å²) >= 11 is 0. The highest BCUT2D eigenvalue weighted by Crippen LogP contribution is 2.42. The summed E-state index contributed by atoms with van der Waals surface area (Å²) in [6.07, 6.45) is 1.46. The maximum atomic E-state index is 14.1. The molecule has 0 saturated carbocycles. The van der Waals surface area contributed by atoms with E-state index < -0.39 is 59.3 Å². The van der Waals surface area contributed by atoms with Crippen LogP contribution in [0.5, 0.6) is 0 Å². The number of likely N-dealkylation sites (tertiary alicyclic amines) is 1. The topological polar surface area (TPSA) is 119 Å². The van der Waals surface area contributed by atoms with Crippen molar-refractivity contribution < 1.29 is 46.5 Å². The molecule has 4 aliphatic rings. The zero-order chi connectivity index (χ0) is 34.4. The first kappa shape index (κ1) is 34.6. The van der Waals surface area contributed by atoms with Gasteiger partial charge in [0.25, 0.3) is 0 Å². The van der Waals surface area contributed by atoms with Crippen LogP contribution in [0, 0.1) is 23.4 Å². The smallest absolute Gasteiger partial charge is 0.410 e. The van der Waals surface area contributed by atoms with Crippen LogP contribution in [0.2, 0.25) is 0 Å². The molecule has 6 atom stereocenters. The van der Waals surface area contributed by atoms with Gasteiger partial charge < -0.3 is 33.4 Å². The number of carbonyl (C=O) groups is 1. The molecule has 264 valence electrons. The number of rotatable bonds is 7. The molecule has 1 aromatic carbocycles. The van der Waals surface area contributed by atoms with Crippen molar-refractivity contribution in [2.45, 2.75) is 115 Å². The van der Waals surface area contributed by atoms with Crippen LogP contribution in [0.1, 0.15) is 73.3 Å². The fraction of sp³-hybridized carbons (Fsp3) is 0.697. The van der Waals surface area contributed by atoms with Gasteiger partial charge in [0.05, 0.1) is 24.6 Å². The van der Waals surface area contributed by atoms with E-state index in [0.717, 1.165) is 30.7 Å². The lowest BCUT2D eigenvalue weighted by molar-refractivity contribution is -0.352. The Hall–Kier alpha value is -3.27. The van der Waals surface area contributed by atoms with Gasteiger partial charge >= 0.3 is 6.09 Å². The van der Waals surface area contributed by atoms with E-state index in [9.17, 15) is 18.0 Å². The molecule has 0 spiro atoms. The number of hydrogen-bond donors (Lipinski definition) is 0. The van der Waals surface area contributed by atoms with Crippen molar-refractivity contribution >= 4 is 11.8 Å². The van der Waals surface area contributed by atoms with Gasteiger partial charge in [0, 0.05) is 44.0 Å². The van der Waals surface area contributed by atoms with Crippen LogP contribution in [0.4, 0.5) is 18.0 Å². The molecule has 1 amide bonds. The molecule has 2 aromatic rings. The average Bonchev–Trinajstić information content (AvgIpc) is 3.70. The number of halogens is 3. The van der Waals surface area contributed by atoms with Gasteiger partial charge in [-0.05, 0) is 66.5 Å². The van der Waals surface area contributed by atoms with E-state index in [0.29, 0.717) is 32.5 Å². The maximum absolute atomic E-state index is 14.1. The number of oxime groups is 1. The molecular formula is C33H44F3N5O7. The third-order valence-corrected chi connectivity index (χ3v) is 9.09. The van der Waals surface area contributed by atoms with E-state index in [1.807, 2.05) is 41.5 Å². The minimum atomic E-state index is -1.55. The Kier molecular flexibility index (Phi) is 9.77. The first-order chi connectivity index (χ1) is 22.7. The van der Waals surface area contributed by atoms with Crippen LogP contribution in [0.25, 0.3) is 11.3 Å². The Bertz CT molecular complexity index is 1480. The summed E-state index contributed by atoms with van der Waals surface area (Å²) in [5.74, 6) is -4.92. The van der Waals surface area contributed by atoms with Gasteiger partial charge in [-0.1, -0.05) is 10.4 Å². The maximum Gasteiger partial charge on any atom is 0.410 e. The highest BCUT2D eigenvalue weighted by atomic mass is 19.2. The number of piperidine rings is 1. The van der Waals surface area contributed by atoms with E-state index in [2.05, 4.69) is 15.5 Å². The summed E-state index contributed by atoms with van der Waals surface area (Å²) in [6, 6.07) is 1.20. The highest BCUT2D eigenvalue weighted by molar-refractivity contribution is 5.88. The molecule has 0 bridgehead atoms. The molecule has 6 rings (SSSR count). The molecule has 3 fully saturated rings. The summed E-state index contributed by atoms with van der Waals surface area (Å²) in [7, 11) is 0. The normalized spacial score (nSPS) is 29.3. The van der Waals surface area contributed by atoms with E-state index in [1.54, 1.807) is 15.8 Å². The molecule has 15 heteroatoms. The summed E-state index contributed by atoms with van der Waals surface area (Å²) in [5, 5.41) is 13.0. The first-order valence-corrected chi connectivity index (χ1v) is 16.6. The number of fused-ring (bicyclic) bond motifs is 1. The van der Waals surface area contributed by atoms with Crippen molar-refractivity contribution in [3.05, 3.63) is 35.8 Å². The monoisotopic (exact) mass is 679 g/mol. The predicted molar refractivity (Wildman–Crippen MR) is 165 cm³/mol. The Labute approximate surface area is 277 Å². The average molecular weight is 680 g/mol. The zero-order valence-electron chi connectivity index (χ0n) is 28.2. The fourth-order valence-electron chi connectivity index (χ4n) is 6.88. The van der Waals surface area contributed by atoms with Gasteiger partial charge in [-0.3, -0.25) is 0 Å². The van der Waals surface area contributed by atoms with Gasteiger partial charge in [-0.25, -0.2) is 22.6 Å². The van der Waals surface area contributed by atoms with Crippen molar-refractivity contribution in [2.24, 2.45) is 11.1 Å². The molecule has 1 aromatic heterocycles. The zero-order valence-corrected chi connectivity index (χ0v) is 28.2. The summed E-state index contributed by atoms with van der Waals surface area (Å²) in [4.78, 5) is 20.2. The number of benzene rings is 1. The number of hydrogen-bond acceptors (Lipinski definition) is 10. The summed E-state index contributed by atoms with van der Waals surface area (Å²) in [6.45, 7) is 12.8. The third kappa shape index (κ3) is 7.48. The Morgan fingerprint density at radius 3 is 2.50 bits per heavy atom. The first-order valence-electron chi connectivity index (χ1n) is 16.6. The second-order valence-electron chi connectivity index (χ2n) is 14.2. The number of carbonyl (C=O) groups excluding carboxylic acids is 1. The number of ether oxygens (including phenoxy) is 5. The lowest BCUT2D eigenvalue weighted by Gasteiger charge is -2.51. The van der Waals surface area contributed by atoms with E-state index in [-0.39, 0.29) is 36.0 Å². The van der Waals surface area contributed by atoms with Gasteiger partial charge in [0.15, 0.2) is 23.2 Å². The van der Waals surface area contributed by atoms with Crippen molar-refractivity contribution in [3.63, 3.8) is 0 Å². The molecule has 0 radical (unpaired) electrons. The van der Waals surface area contributed by atoms with Gasteiger partial charge in [0.2, 0.25) is 0 Å². The Balaban J connectivity index is 1.17. The largest absolute Gasteiger partial charge is 0.444 e. The van der Waals surface area contributed by atoms with Crippen LogP contribution in [0.3, 0.4) is 0 Å². The quantitative estimate of drug-likeness (QED) is 0.354. The second kappa shape index (κ2) is 13.6. The highest BCUT2D eigenvalue weighted by Gasteiger charge is 2.53. The SMILES string of the molecule is CCO[C@@H]1[C@@H](n2cc(-c3cc(F)c(F)c(F)c3)nn2)[C@H]2OC(C)(C)OC[C@H]2O[C@@H]1CC1CC(C2CCN(C(=O)OC(C)(C)C)CC2)=NO1. The van der Waals surface area contributed by atoms with E-state index in [1.165, 1.54) is 0 Å². The van der Waals surface area contributed by atoms with Crippen LogP contribution in [0.15, 0.2) is 23.5 Å². The van der Waals surface area contributed by atoms with Crippen molar-refractivity contribution in [3.8, 4) is 11.3 Å². The molecule has 12 nitrogen and oxygen atoms in total. The second-order valence-corrected chi connectivity index (χ2v) is 14.2. The van der Waals surface area contributed by atoms with Crippen molar-refractivity contribution in [2.75, 3.05) is 26.3 Å². The summed E-state index contributed by atoms with van der Waals surface area (Å²) in [5.41, 5.74) is 0.616. The third-order valence-electron chi connectivity index (χ3n) is 9.09. The van der Waals surface area contributed by atoms with Crippen LogP contribution < -0.4 is 0 Å². The van der Waals surface area contributed by atoms with E-state index in [4.69, 9.17) is 28.5 Å². The molecule has 0 N–H and O–H groups in total. The van der Waals surface area contributed by atoms with Crippen LogP contribution in [-0.4, -0.2) is 99.9 Å². The molecule has 3 saturated heterocycles. The predicted octanol–water partition coefficient (Wildman–Crippen LogP) is 5.41. The minimum absolute atomic E-state index is 0.0416. The molecule has 0 aliphatic carbocycles. The lowest BCUT2D eigenvalue weighted by Crippen LogP contribution is -2.63. The number of amides is 1. The van der Waals surface area contributed by atoms with Crippen molar-refractivity contribution in [1.82, 2.24) is 19.9 Å². The minimum Gasteiger partial charge on any atom is -0.444 e. The Morgan fingerprint density at radius 1 is 1.12 bits per heavy atom. The van der Waals surface area contributed by atoms with Crippen LogP contribution in [-0.2, 0) is 28.5 Å². The summed E-state index contributed by atoms with van der Waals surface area (Å²) < 4.78 is 74.1. The lowest BCUT2D eigenvalue weighted by atomic mass is 9.86. The molecule has 5 heterocycles. The van der Waals surface area contributed by atoms with Gasteiger partial charge in [-0.15, -0.1) is 5.10 Å². The standard InChI is InChI=1S/C33H44F3N5O7/c1-7-43-29-25(15-20-14-23(38-48-20)18-8-10-40(11-9-18)31(42)47-32(2,3)4)45-26-17-44-33(5,6)46-30(26)28(29)41-16-24(37-39-41)19-12-21(34)27(36)22(35)13-19/h12-13,16,18,20,25-26,28-30H,7-11,14-15,17H2,1-6H3/t20?,25-,26-,28-,29+,30+/m1/s1. The van der Waals surface area contributed by atoms with E-state index >= 15 is 0 Å². The number of nitrogens with zero attached hydrogens (tertiary/aromatic N) is 5. The molecule has 1 unspecified atom stereocenters. The van der Waals surface area contributed by atoms with Crippen LogP contribution >= 0.6 is 0 Å².